The Hall–Kier alpha value is -1.89. The number of hydrogen-bond donors (Lipinski definition) is 3. The molecule has 21 heavy (non-hydrogen) atoms. The lowest BCUT2D eigenvalue weighted by Crippen LogP contribution is -2.41. The van der Waals surface area contributed by atoms with Gasteiger partial charge in [0, 0.05) is 4.88 Å². The predicted octanol–water partition coefficient (Wildman–Crippen LogP) is 1.67. The second-order valence-electron chi connectivity index (χ2n) is 5.08. The highest BCUT2D eigenvalue weighted by molar-refractivity contribution is 7.14. The molecule has 7 heteroatoms. The molecule has 0 spiro atoms. The van der Waals surface area contributed by atoms with E-state index < -0.39 is 30.3 Å². The first kappa shape index (κ1) is 15.5. The number of carbonyl (C=O) groups excluding carboxylic acids is 1. The van der Waals surface area contributed by atoms with Crippen LogP contribution < -0.4 is 5.32 Å². The molecule has 1 amide bonds. The molecule has 1 heterocycles. The van der Waals surface area contributed by atoms with E-state index >= 15 is 0 Å². The number of rotatable bonds is 5. The van der Waals surface area contributed by atoms with E-state index in [1.807, 2.05) is 0 Å². The molecule has 1 aliphatic carbocycles. The van der Waals surface area contributed by atoms with Gasteiger partial charge in [0.2, 0.25) is 0 Å². The topological polar surface area (TPSA) is 104 Å². The lowest BCUT2D eigenvalue weighted by molar-refractivity contribution is -0.145. The summed E-state index contributed by atoms with van der Waals surface area (Å²) in [5.41, 5.74) is 1.16. The SMILES string of the molecule is O=C(O)C[C@H](NC(=O)c1cc2c(s1)CCCCC2)C(=O)O. The molecule has 0 bridgehead atoms. The average molecular weight is 311 g/mol. The standard InChI is InChI=1S/C14H17NO5S/c16-12(17)7-9(14(19)20)15-13(18)11-6-8-4-2-1-3-5-10(8)21-11/h6,9H,1-5,7H2,(H,15,18)(H,16,17)(H,19,20)/t9-/m0/s1. The number of carboxylic acids is 2. The zero-order chi connectivity index (χ0) is 15.4. The molecule has 0 aliphatic heterocycles. The van der Waals surface area contributed by atoms with Crippen molar-refractivity contribution in [2.75, 3.05) is 0 Å². The summed E-state index contributed by atoms with van der Waals surface area (Å²) >= 11 is 1.38. The third kappa shape index (κ3) is 4.04. The number of fused-ring (bicyclic) bond motifs is 1. The second-order valence-corrected chi connectivity index (χ2v) is 6.22. The molecule has 114 valence electrons. The Balaban J connectivity index is 2.09. The van der Waals surface area contributed by atoms with Crippen LogP contribution in [0.1, 0.15) is 45.8 Å². The molecule has 0 saturated carbocycles. The molecule has 1 atom stereocenters. The highest BCUT2D eigenvalue weighted by atomic mass is 32.1. The van der Waals surface area contributed by atoms with Gasteiger partial charge in [0.05, 0.1) is 11.3 Å². The molecule has 1 aromatic rings. The van der Waals surface area contributed by atoms with E-state index in [2.05, 4.69) is 5.32 Å². The van der Waals surface area contributed by atoms with Crippen LogP contribution in [0, 0.1) is 0 Å². The predicted molar refractivity (Wildman–Crippen MR) is 76.7 cm³/mol. The Morgan fingerprint density at radius 2 is 1.90 bits per heavy atom. The van der Waals surface area contributed by atoms with Gasteiger partial charge in [-0.1, -0.05) is 6.42 Å². The molecule has 0 saturated heterocycles. The van der Waals surface area contributed by atoms with Crippen molar-refractivity contribution in [1.82, 2.24) is 5.32 Å². The number of carboxylic acid groups (broad SMARTS) is 2. The lowest BCUT2D eigenvalue weighted by Gasteiger charge is -2.11. The minimum absolute atomic E-state index is 0.457. The van der Waals surface area contributed by atoms with Gasteiger partial charge in [-0.2, -0.15) is 0 Å². The Labute approximate surface area is 125 Å². The van der Waals surface area contributed by atoms with Crippen molar-refractivity contribution >= 4 is 29.2 Å². The second kappa shape index (κ2) is 6.71. The zero-order valence-corrected chi connectivity index (χ0v) is 12.2. The smallest absolute Gasteiger partial charge is 0.326 e. The summed E-state index contributed by atoms with van der Waals surface area (Å²) < 4.78 is 0. The Morgan fingerprint density at radius 3 is 2.57 bits per heavy atom. The van der Waals surface area contributed by atoms with E-state index in [-0.39, 0.29) is 0 Å². The molecule has 0 radical (unpaired) electrons. The molecule has 2 rings (SSSR count). The molecule has 0 fully saturated rings. The van der Waals surface area contributed by atoms with Gasteiger partial charge < -0.3 is 15.5 Å². The summed E-state index contributed by atoms with van der Waals surface area (Å²) in [6.45, 7) is 0. The Morgan fingerprint density at radius 1 is 1.19 bits per heavy atom. The van der Waals surface area contributed by atoms with Crippen LogP contribution in [0.4, 0.5) is 0 Å². The van der Waals surface area contributed by atoms with Gasteiger partial charge in [-0.3, -0.25) is 9.59 Å². The largest absolute Gasteiger partial charge is 0.481 e. The van der Waals surface area contributed by atoms with Crippen molar-refractivity contribution in [2.45, 2.75) is 44.6 Å². The summed E-state index contributed by atoms with van der Waals surface area (Å²) in [6.07, 6.45) is 4.64. The molecular formula is C14H17NO5S. The van der Waals surface area contributed by atoms with Gasteiger partial charge in [0.15, 0.2) is 0 Å². The Bertz CT molecular complexity index is 542. The van der Waals surface area contributed by atoms with Crippen LogP contribution in [-0.4, -0.2) is 34.1 Å². The maximum atomic E-state index is 12.1. The number of aliphatic carboxylic acids is 2. The average Bonchev–Trinajstić information content (AvgIpc) is 2.69. The fourth-order valence-electron chi connectivity index (χ4n) is 2.38. The van der Waals surface area contributed by atoms with E-state index in [9.17, 15) is 14.4 Å². The van der Waals surface area contributed by atoms with Crippen molar-refractivity contribution in [1.29, 1.82) is 0 Å². The molecule has 3 N–H and O–H groups in total. The summed E-state index contributed by atoms with van der Waals surface area (Å²) in [4.78, 5) is 35.3. The monoisotopic (exact) mass is 311 g/mol. The van der Waals surface area contributed by atoms with Crippen LogP contribution in [0.3, 0.4) is 0 Å². The van der Waals surface area contributed by atoms with E-state index in [4.69, 9.17) is 10.2 Å². The number of thiophene rings is 1. The summed E-state index contributed by atoms with van der Waals surface area (Å²) in [5.74, 6) is -3.12. The minimum Gasteiger partial charge on any atom is -0.481 e. The van der Waals surface area contributed by atoms with E-state index in [1.165, 1.54) is 22.6 Å². The highest BCUT2D eigenvalue weighted by Crippen LogP contribution is 2.29. The van der Waals surface area contributed by atoms with Crippen LogP contribution >= 0.6 is 11.3 Å². The van der Waals surface area contributed by atoms with Crippen molar-refractivity contribution < 1.29 is 24.6 Å². The number of amides is 1. The van der Waals surface area contributed by atoms with Crippen molar-refractivity contribution in [3.63, 3.8) is 0 Å². The number of nitrogens with one attached hydrogen (secondary N) is 1. The van der Waals surface area contributed by atoms with Crippen LogP contribution in [0.15, 0.2) is 6.07 Å². The first-order valence-corrected chi connectivity index (χ1v) is 7.66. The number of carbonyl (C=O) groups is 3. The third-order valence-corrected chi connectivity index (χ3v) is 4.69. The van der Waals surface area contributed by atoms with Gasteiger partial charge in [0.1, 0.15) is 6.04 Å². The molecular weight excluding hydrogens is 294 g/mol. The number of aryl methyl sites for hydroxylation is 2. The van der Waals surface area contributed by atoms with Gasteiger partial charge in [-0.15, -0.1) is 11.3 Å². The quantitative estimate of drug-likeness (QED) is 0.718. The summed E-state index contributed by atoms with van der Waals surface area (Å²) in [5, 5.41) is 19.9. The molecule has 6 nitrogen and oxygen atoms in total. The summed E-state index contributed by atoms with van der Waals surface area (Å²) in [6, 6.07) is 0.400. The normalized spacial score (nSPS) is 15.6. The van der Waals surface area contributed by atoms with Crippen LogP contribution in [-0.2, 0) is 22.4 Å². The molecule has 0 aromatic carbocycles. The van der Waals surface area contributed by atoms with Gasteiger partial charge >= 0.3 is 11.9 Å². The van der Waals surface area contributed by atoms with Crippen LogP contribution in [0.25, 0.3) is 0 Å². The van der Waals surface area contributed by atoms with Gasteiger partial charge in [-0.05, 0) is 37.3 Å². The third-order valence-electron chi connectivity index (χ3n) is 3.45. The van der Waals surface area contributed by atoms with Gasteiger partial charge in [-0.25, -0.2) is 4.79 Å². The van der Waals surface area contributed by atoms with E-state index in [1.54, 1.807) is 6.07 Å². The number of hydrogen-bond acceptors (Lipinski definition) is 4. The lowest BCUT2D eigenvalue weighted by atomic mass is 10.1. The molecule has 1 aliphatic rings. The molecule has 0 unspecified atom stereocenters. The van der Waals surface area contributed by atoms with Crippen molar-refractivity contribution in [3.8, 4) is 0 Å². The first-order valence-electron chi connectivity index (χ1n) is 6.84. The van der Waals surface area contributed by atoms with Crippen molar-refractivity contribution in [3.05, 3.63) is 21.4 Å². The molecule has 1 aromatic heterocycles. The van der Waals surface area contributed by atoms with E-state index in [0.717, 1.165) is 31.2 Å². The maximum absolute atomic E-state index is 12.1. The first-order chi connectivity index (χ1) is 9.97. The maximum Gasteiger partial charge on any atom is 0.326 e. The summed E-state index contributed by atoms with van der Waals surface area (Å²) in [7, 11) is 0. The Kier molecular flexibility index (Phi) is 4.95. The van der Waals surface area contributed by atoms with Crippen molar-refractivity contribution in [2.24, 2.45) is 0 Å². The van der Waals surface area contributed by atoms with E-state index in [0.29, 0.717) is 4.88 Å². The fourth-order valence-corrected chi connectivity index (χ4v) is 3.54. The van der Waals surface area contributed by atoms with Crippen LogP contribution in [0.2, 0.25) is 0 Å². The zero-order valence-electron chi connectivity index (χ0n) is 11.4. The minimum atomic E-state index is -1.41. The highest BCUT2D eigenvalue weighted by Gasteiger charge is 2.25. The van der Waals surface area contributed by atoms with Crippen LogP contribution in [0.5, 0.6) is 0 Å². The fraction of sp³-hybridized carbons (Fsp3) is 0.500. The van der Waals surface area contributed by atoms with Gasteiger partial charge in [0.25, 0.3) is 5.91 Å².